The van der Waals surface area contributed by atoms with E-state index in [1.54, 1.807) is 72.8 Å². The summed E-state index contributed by atoms with van der Waals surface area (Å²) in [4.78, 5) is 13.3. The van der Waals surface area contributed by atoms with Crippen molar-refractivity contribution in [1.82, 2.24) is 0 Å². The van der Waals surface area contributed by atoms with Gasteiger partial charge in [-0.05, 0) is 111 Å². The fraction of sp³-hybridized carbons (Fsp3) is 0.114. The van der Waals surface area contributed by atoms with E-state index in [-0.39, 0.29) is 21.2 Å². The Morgan fingerprint density at radius 1 is 0.660 bits per heavy atom. The molecular weight excluding hydrogens is 639 g/mol. The third-order valence-electron chi connectivity index (χ3n) is 6.87. The molecule has 0 aliphatic rings. The van der Waals surface area contributed by atoms with Crippen molar-refractivity contribution >= 4 is 43.0 Å². The summed E-state index contributed by atoms with van der Waals surface area (Å²) in [6.45, 7) is 3.65. The molecule has 0 spiro atoms. The standard InChI is InChI=1S/C35H33N3O7S2/c1-3-44-30-17-11-28(12-18-30)37-46(40,41)33-23-13-27(14-24-33)36-35(39)25-38(47(42,43)34-21-9-26(2)10-22-34)29-15-19-32(20-16-29)45-31-7-5-4-6-8-31/h4-24,37H,3,25H2,1-2H3,(H,36,39). The molecule has 2 N–H and O–H groups in total. The predicted molar refractivity (Wildman–Crippen MR) is 182 cm³/mol. The van der Waals surface area contributed by atoms with Gasteiger partial charge in [-0.3, -0.25) is 13.8 Å². The van der Waals surface area contributed by atoms with E-state index in [1.807, 2.05) is 32.0 Å². The van der Waals surface area contributed by atoms with Gasteiger partial charge in [0.1, 0.15) is 23.8 Å². The third-order valence-corrected chi connectivity index (χ3v) is 10.1. The molecule has 0 unspecified atom stereocenters. The fourth-order valence-corrected chi connectivity index (χ4v) is 6.99. The van der Waals surface area contributed by atoms with Gasteiger partial charge in [0.25, 0.3) is 20.0 Å². The van der Waals surface area contributed by atoms with Crippen LogP contribution in [0.4, 0.5) is 17.1 Å². The van der Waals surface area contributed by atoms with Crippen LogP contribution in [0.3, 0.4) is 0 Å². The maximum atomic E-state index is 13.8. The number of carbonyl (C=O) groups is 1. The van der Waals surface area contributed by atoms with Crippen molar-refractivity contribution in [1.29, 1.82) is 0 Å². The largest absolute Gasteiger partial charge is 0.494 e. The molecule has 5 aromatic carbocycles. The lowest BCUT2D eigenvalue weighted by atomic mass is 10.2. The minimum atomic E-state index is -4.16. The number of nitrogens with one attached hydrogen (secondary N) is 2. The Morgan fingerprint density at radius 3 is 1.83 bits per heavy atom. The summed E-state index contributed by atoms with van der Waals surface area (Å²) in [7, 11) is -8.07. The number of amides is 1. The zero-order valence-electron chi connectivity index (χ0n) is 25.7. The Morgan fingerprint density at radius 2 is 1.21 bits per heavy atom. The van der Waals surface area contributed by atoms with Crippen LogP contribution in [0.5, 0.6) is 17.2 Å². The van der Waals surface area contributed by atoms with Gasteiger partial charge in [0.15, 0.2) is 0 Å². The molecule has 0 aliphatic heterocycles. The SMILES string of the molecule is CCOc1ccc(NS(=O)(=O)c2ccc(NC(=O)CN(c3ccc(Oc4ccccc4)cc3)S(=O)(=O)c3ccc(C)cc3)cc2)cc1. The minimum Gasteiger partial charge on any atom is -0.494 e. The lowest BCUT2D eigenvalue weighted by Gasteiger charge is -2.24. The first-order valence-electron chi connectivity index (χ1n) is 14.6. The minimum absolute atomic E-state index is 0.0224. The molecule has 5 rings (SSSR count). The van der Waals surface area contributed by atoms with Crippen LogP contribution in [0.2, 0.25) is 0 Å². The van der Waals surface area contributed by atoms with Crippen LogP contribution in [0.25, 0.3) is 0 Å². The third kappa shape index (κ3) is 8.48. The lowest BCUT2D eigenvalue weighted by molar-refractivity contribution is -0.114. The summed E-state index contributed by atoms with van der Waals surface area (Å²) in [5.41, 5.74) is 1.79. The van der Waals surface area contributed by atoms with Crippen LogP contribution in [-0.4, -0.2) is 35.9 Å². The highest BCUT2D eigenvalue weighted by atomic mass is 32.2. The average molecular weight is 672 g/mol. The van der Waals surface area contributed by atoms with Gasteiger partial charge in [-0.2, -0.15) is 0 Å². The molecule has 0 bridgehead atoms. The summed E-state index contributed by atoms with van der Waals surface area (Å²) in [6, 6.07) is 33.9. The van der Waals surface area contributed by atoms with Crippen LogP contribution in [0.1, 0.15) is 12.5 Å². The molecule has 0 saturated carbocycles. The van der Waals surface area contributed by atoms with Gasteiger partial charge in [-0.15, -0.1) is 0 Å². The van der Waals surface area contributed by atoms with Crippen molar-refractivity contribution in [2.24, 2.45) is 0 Å². The molecule has 242 valence electrons. The van der Waals surface area contributed by atoms with E-state index in [1.165, 1.54) is 36.4 Å². The van der Waals surface area contributed by atoms with E-state index in [0.717, 1.165) is 9.87 Å². The van der Waals surface area contributed by atoms with Crippen LogP contribution in [0, 0.1) is 6.92 Å². The molecule has 0 heterocycles. The van der Waals surface area contributed by atoms with Gasteiger partial charge >= 0.3 is 0 Å². The normalized spacial score (nSPS) is 11.4. The Kier molecular flexibility index (Phi) is 10.1. The van der Waals surface area contributed by atoms with E-state index in [0.29, 0.717) is 29.5 Å². The van der Waals surface area contributed by atoms with Crippen molar-refractivity contribution < 1.29 is 31.1 Å². The number of rotatable bonds is 13. The number of ether oxygens (including phenoxy) is 2. The number of benzene rings is 5. The summed E-state index contributed by atoms with van der Waals surface area (Å²) in [5.74, 6) is 1.10. The van der Waals surface area contributed by atoms with Gasteiger partial charge < -0.3 is 14.8 Å². The lowest BCUT2D eigenvalue weighted by Crippen LogP contribution is -2.38. The highest BCUT2D eigenvalue weighted by Crippen LogP contribution is 2.29. The summed E-state index contributed by atoms with van der Waals surface area (Å²) in [5, 5.41) is 2.67. The van der Waals surface area contributed by atoms with Crippen molar-refractivity contribution in [2.75, 3.05) is 27.5 Å². The second-order valence-corrected chi connectivity index (χ2v) is 13.9. The average Bonchev–Trinajstić information content (AvgIpc) is 3.06. The van der Waals surface area contributed by atoms with Crippen LogP contribution >= 0.6 is 0 Å². The number of anilines is 3. The van der Waals surface area contributed by atoms with Crippen LogP contribution in [-0.2, 0) is 24.8 Å². The van der Waals surface area contributed by atoms with Crippen LogP contribution < -0.4 is 23.8 Å². The van der Waals surface area contributed by atoms with E-state index in [2.05, 4.69) is 10.0 Å². The first kappa shape index (κ1) is 33.0. The zero-order valence-corrected chi connectivity index (χ0v) is 27.3. The van der Waals surface area contributed by atoms with E-state index < -0.39 is 32.5 Å². The smallest absolute Gasteiger partial charge is 0.264 e. The summed E-state index contributed by atoms with van der Waals surface area (Å²) < 4.78 is 68.2. The maximum Gasteiger partial charge on any atom is 0.264 e. The molecule has 0 saturated heterocycles. The monoisotopic (exact) mass is 671 g/mol. The Bertz CT molecular complexity index is 2020. The second-order valence-electron chi connectivity index (χ2n) is 10.4. The number of hydrogen-bond acceptors (Lipinski definition) is 7. The number of para-hydroxylation sites is 1. The predicted octanol–water partition coefficient (Wildman–Crippen LogP) is 6.82. The maximum absolute atomic E-state index is 13.8. The molecular formula is C35H33N3O7S2. The van der Waals surface area contributed by atoms with E-state index in [4.69, 9.17) is 9.47 Å². The summed E-state index contributed by atoms with van der Waals surface area (Å²) >= 11 is 0. The van der Waals surface area contributed by atoms with Gasteiger partial charge in [-0.1, -0.05) is 35.9 Å². The highest BCUT2D eigenvalue weighted by Gasteiger charge is 2.27. The van der Waals surface area contributed by atoms with Gasteiger partial charge in [-0.25, -0.2) is 16.8 Å². The van der Waals surface area contributed by atoms with Crippen molar-refractivity contribution in [2.45, 2.75) is 23.6 Å². The molecule has 0 aromatic heterocycles. The highest BCUT2D eigenvalue weighted by molar-refractivity contribution is 7.93. The van der Waals surface area contributed by atoms with Gasteiger partial charge in [0.2, 0.25) is 5.91 Å². The molecule has 0 aliphatic carbocycles. The summed E-state index contributed by atoms with van der Waals surface area (Å²) in [6.07, 6.45) is 0. The van der Waals surface area contributed by atoms with Crippen molar-refractivity contribution in [3.63, 3.8) is 0 Å². The molecule has 1 amide bonds. The number of aryl methyl sites for hydroxylation is 1. The Balaban J connectivity index is 1.32. The number of sulfonamides is 2. The fourth-order valence-electron chi connectivity index (χ4n) is 4.51. The molecule has 10 nitrogen and oxygen atoms in total. The Hall–Kier alpha value is -5.33. The number of carbonyl (C=O) groups excluding carboxylic acids is 1. The quantitative estimate of drug-likeness (QED) is 0.140. The molecule has 12 heteroatoms. The first-order chi connectivity index (χ1) is 22.5. The van der Waals surface area contributed by atoms with Crippen molar-refractivity contribution in [3.05, 3.63) is 133 Å². The van der Waals surface area contributed by atoms with Crippen LogP contribution in [0.15, 0.2) is 137 Å². The first-order valence-corrected chi connectivity index (χ1v) is 17.5. The number of nitrogens with zero attached hydrogens (tertiary/aromatic N) is 1. The van der Waals surface area contributed by atoms with Crippen molar-refractivity contribution in [3.8, 4) is 17.2 Å². The molecule has 0 fully saturated rings. The van der Waals surface area contributed by atoms with Gasteiger partial charge in [0, 0.05) is 11.4 Å². The number of hydrogen-bond donors (Lipinski definition) is 2. The zero-order chi connectivity index (χ0) is 33.4. The van der Waals surface area contributed by atoms with E-state index in [9.17, 15) is 21.6 Å². The van der Waals surface area contributed by atoms with Gasteiger partial charge in [0.05, 0.1) is 22.1 Å². The molecule has 0 atom stereocenters. The molecule has 0 radical (unpaired) electrons. The Labute approximate surface area is 274 Å². The molecule has 5 aromatic rings. The topological polar surface area (TPSA) is 131 Å². The van der Waals surface area contributed by atoms with E-state index >= 15 is 0 Å². The molecule has 47 heavy (non-hydrogen) atoms. The second kappa shape index (κ2) is 14.4.